The maximum atomic E-state index is 12.6. The van der Waals surface area contributed by atoms with Crippen molar-refractivity contribution in [2.75, 3.05) is 6.54 Å². The number of hydrogen-bond donors (Lipinski definition) is 0. The fourth-order valence-corrected chi connectivity index (χ4v) is 3.00. The number of aromatic nitrogens is 2. The molecule has 5 heteroatoms. The minimum Gasteiger partial charge on any atom is -0.335 e. The Morgan fingerprint density at radius 2 is 2.18 bits per heavy atom. The Bertz CT molecular complexity index is 711. The summed E-state index contributed by atoms with van der Waals surface area (Å²) >= 11 is 0. The van der Waals surface area contributed by atoms with Gasteiger partial charge in [0.2, 0.25) is 5.91 Å². The van der Waals surface area contributed by atoms with Crippen molar-refractivity contribution in [2.45, 2.75) is 25.3 Å². The van der Waals surface area contributed by atoms with Crippen LogP contribution in [0.1, 0.15) is 35.6 Å². The summed E-state index contributed by atoms with van der Waals surface area (Å²) in [6, 6.07) is 9.44. The highest BCUT2D eigenvalue weighted by atomic mass is 16.2. The molecule has 3 rings (SSSR count). The average molecular weight is 294 g/mol. The molecule has 1 aliphatic heterocycles. The third-order valence-electron chi connectivity index (χ3n) is 4.12. The summed E-state index contributed by atoms with van der Waals surface area (Å²) in [5.74, 6) is 0.135. The molecule has 22 heavy (non-hydrogen) atoms. The summed E-state index contributed by atoms with van der Waals surface area (Å²) < 4.78 is 1.77. The molecule has 1 aliphatic rings. The maximum absolute atomic E-state index is 12.6. The number of hydrogen-bond acceptors (Lipinski definition) is 3. The summed E-state index contributed by atoms with van der Waals surface area (Å²) in [7, 11) is 1.89. The molecule has 1 fully saturated rings. The van der Waals surface area contributed by atoms with E-state index in [0.29, 0.717) is 12.0 Å². The molecule has 0 radical (unpaired) electrons. The normalized spacial score (nSPS) is 17.5. The molecule has 1 amide bonds. The first-order valence-electron chi connectivity index (χ1n) is 7.44. The molecule has 2 heterocycles. The van der Waals surface area contributed by atoms with E-state index in [1.165, 1.54) is 0 Å². The van der Waals surface area contributed by atoms with Crippen LogP contribution >= 0.6 is 0 Å². The lowest BCUT2D eigenvalue weighted by atomic mass is 10.1. The molecule has 1 aromatic carbocycles. The van der Waals surface area contributed by atoms with E-state index in [-0.39, 0.29) is 11.9 Å². The molecular formula is C17H18N4O. The van der Waals surface area contributed by atoms with Crippen molar-refractivity contribution in [3.05, 3.63) is 53.3 Å². The first kappa shape index (κ1) is 14.3. The highest BCUT2D eigenvalue weighted by Gasteiger charge is 2.30. The lowest BCUT2D eigenvalue weighted by Crippen LogP contribution is -2.31. The van der Waals surface area contributed by atoms with Gasteiger partial charge in [0, 0.05) is 25.4 Å². The minimum absolute atomic E-state index is 0.135. The van der Waals surface area contributed by atoms with E-state index >= 15 is 0 Å². The van der Waals surface area contributed by atoms with Gasteiger partial charge in [0.15, 0.2) is 0 Å². The second-order valence-corrected chi connectivity index (χ2v) is 5.68. The van der Waals surface area contributed by atoms with Crippen LogP contribution in [0, 0.1) is 11.3 Å². The Balaban J connectivity index is 1.72. The number of rotatable bonds is 3. The Morgan fingerprint density at radius 1 is 1.41 bits per heavy atom. The van der Waals surface area contributed by atoms with Crippen LogP contribution in [0.15, 0.2) is 36.7 Å². The molecular weight excluding hydrogens is 276 g/mol. The van der Waals surface area contributed by atoms with Gasteiger partial charge < -0.3 is 4.90 Å². The standard InChI is InChI=1S/C17H18N4O/c1-20-12-15(11-19-20)16-3-2-8-21(16)17(22)9-13-4-6-14(10-18)7-5-13/h4-7,11-12,16H,2-3,8-9H2,1H3. The van der Waals surface area contributed by atoms with Crippen molar-refractivity contribution in [3.8, 4) is 6.07 Å². The molecule has 0 aliphatic carbocycles. The average Bonchev–Trinajstić information content (AvgIpc) is 3.16. The van der Waals surface area contributed by atoms with Crippen LogP contribution in [0.25, 0.3) is 0 Å². The largest absolute Gasteiger partial charge is 0.335 e. The topological polar surface area (TPSA) is 61.9 Å². The Hall–Kier alpha value is -2.61. The van der Waals surface area contributed by atoms with Gasteiger partial charge in [-0.05, 0) is 30.5 Å². The SMILES string of the molecule is Cn1cc(C2CCCN2C(=O)Cc2ccc(C#N)cc2)cn1. The van der Waals surface area contributed by atoms with Gasteiger partial charge in [-0.1, -0.05) is 12.1 Å². The first-order valence-corrected chi connectivity index (χ1v) is 7.44. The third kappa shape index (κ3) is 2.86. The maximum Gasteiger partial charge on any atom is 0.227 e. The molecule has 0 saturated carbocycles. The molecule has 0 bridgehead atoms. The summed E-state index contributed by atoms with van der Waals surface area (Å²) in [6.07, 6.45) is 6.22. The predicted octanol–water partition coefficient (Wildman–Crippen LogP) is 2.20. The predicted molar refractivity (Wildman–Crippen MR) is 81.8 cm³/mol. The molecule has 2 aromatic rings. The Labute approximate surface area is 129 Å². The number of amides is 1. The van der Waals surface area contributed by atoms with Crippen molar-refractivity contribution >= 4 is 5.91 Å². The van der Waals surface area contributed by atoms with Crippen LogP contribution in [-0.4, -0.2) is 27.1 Å². The molecule has 1 aromatic heterocycles. The van der Waals surface area contributed by atoms with Gasteiger partial charge in [-0.3, -0.25) is 9.48 Å². The van der Waals surface area contributed by atoms with Crippen molar-refractivity contribution in [3.63, 3.8) is 0 Å². The van der Waals surface area contributed by atoms with Crippen LogP contribution in [0.5, 0.6) is 0 Å². The summed E-state index contributed by atoms with van der Waals surface area (Å²) in [5.41, 5.74) is 2.67. The van der Waals surface area contributed by atoms with Crippen molar-refractivity contribution in [1.29, 1.82) is 5.26 Å². The van der Waals surface area contributed by atoms with Gasteiger partial charge in [0.1, 0.15) is 0 Å². The van der Waals surface area contributed by atoms with E-state index < -0.39 is 0 Å². The van der Waals surface area contributed by atoms with E-state index in [9.17, 15) is 4.79 Å². The lowest BCUT2D eigenvalue weighted by Gasteiger charge is -2.24. The first-order chi connectivity index (χ1) is 10.7. The van der Waals surface area contributed by atoms with Crippen LogP contribution in [0.2, 0.25) is 0 Å². The molecule has 0 N–H and O–H groups in total. The molecule has 1 saturated heterocycles. The van der Waals surface area contributed by atoms with Gasteiger partial charge in [-0.25, -0.2) is 0 Å². The van der Waals surface area contributed by atoms with Crippen LogP contribution in [0.3, 0.4) is 0 Å². The number of benzene rings is 1. The van der Waals surface area contributed by atoms with E-state index in [1.54, 1.807) is 16.8 Å². The number of likely N-dealkylation sites (tertiary alicyclic amines) is 1. The molecule has 1 unspecified atom stereocenters. The van der Waals surface area contributed by atoms with E-state index in [2.05, 4.69) is 11.2 Å². The van der Waals surface area contributed by atoms with Crippen LogP contribution in [-0.2, 0) is 18.3 Å². The number of nitrogens with zero attached hydrogens (tertiary/aromatic N) is 4. The molecule has 0 spiro atoms. The zero-order valence-electron chi connectivity index (χ0n) is 12.6. The zero-order valence-corrected chi connectivity index (χ0v) is 12.6. The summed E-state index contributed by atoms with van der Waals surface area (Å²) in [4.78, 5) is 14.5. The van der Waals surface area contributed by atoms with Crippen molar-refractivity contribution < 1.29 is 4.79 Å². The fraction of sp³-hybridized carbons (Fsp3) is 0.353. The molecule has 1 atom stereocenters. The quantitative estimate of drug-likeness (QED) is 0.872. The van der Waals surface area contributed by atoms with Crippen molar-refractivity contribution in [1.82, 2.24) is 14.7 Å². The Kier molecular flexibility index (Phi) is 3.92. The summed E-state index contributed by atoms with van der Waals surface area (Å²) in [5, 5.41) is 13.0. The van der Waals surface area contributed by atoms with E-state index in [0.717, 1.165) is 30.5 Å². The second-order valence-electron chi connectivity index (χ2n) is 5.68. The van der Waals surface area contributed by atoms with E-state index in [1.807, 2.05) is 36.5 Å². The van der Waals surface area contributed by atoms with Gasteiger partial charge in [-0.2, -0.15) is 10.4 Å². The smallest absolute Gasteiger partial charge is 0.227 e. The van der Waals surface area contributed by atoms with Gasteiger partial charge >= 0.3 is 0 Å². The van der Waals surface area contributed by atoms with Gasteiger partial charge in [0.25, 0.3) is 0 Å². The van der Waals surface area contributed by atoms with Gasteiger partial charge in [0.05, 0.1) is 30.3 Å². The van der Waals surface area contributed by atoms with Crippen LogP contribution in [0.4, 0.5) is 0 Å². The number of nitriles is 1. The monoisotopic (exact) mass is 294 g/mol. The molecule has 5 nitrogen and oxygen atoms in total. The molecule has 112 valence electrons. The lowest BCUT2D eigenvalue weighted by molar-refractivity contribution is -0.131. The summed E-state index contributed by atoms with van der Waals surface area (Å²) in [6.45, 7) is 0.800. The second kappa shape index (κ2) is 6.02. The van der Waals surface area contributed by atoms with Gasteiger partial charge in [-0.15, -0.1) is 0 Å². The highest BCUT2D eigenvalue weighted by molar-refractivity contribution is 5.79. The third-order valence-corrected chi connectivity index (χ3v) is 4.12. The highest BCUT2D eigenvalue weighted by Crippen LogP contribution is 2.32. The fourth-order valence-electron chi connectivity index (χ4n) is 3.00. The van der Waals surface area contributed by atoms with Crippen LogP contribution < -0.4 is 0 Å². The number of carbonyl (C=O) groups excluding carboxylic acids is 1. The van der Waals surface area contributed by atoms with Crippen molar-refractivity contribution in [2.24, 2.45) is 7.05 Å². The zero-order chi connectivity index (χ0) is 15.5. The number of carbonyl (C=O) groups is 1. The minimum atomic E-state index is 0.135. The van der Waals surface area contributed by atoms with E-state index in [4.69, 9.17) is 5.26 Å². The number of aryl methyl sites for hydroxylation is 1. The Morgan fingerprint density at radius 3 is 2.82 bits per heavy atom.